The van der Waals surface area contributed by atoms with Crippen LogP contribution in [0.1, 0.15) is 22.3 Å². The van der Waals surface area contributed by atoms with Gasteiger partial charge in [-0.15, -0.1) is 0 Å². The lowest BCUT2D eigenvalue weighted by molar-refractivity contribution is 0.450. The Labute approximate surface area is 240 Å². The van der Waals surface area contributed by atoms with Crippen LogP contribution in [0, 0.1) is 27.3 Å². The fourth-order valence-electron chi connectivity index (χ4n) is 4.10. The molecule has 4 nitrogen and oxygen atoms in total. The zero-order valence-electron chi connectivity index (χ0n) is 20.6. The minimum absolute atomic E-state index is 0.0967. The van der Waals surface area contributed by atoms with Crippen LogP contribution in [0.2, 0.25) is 0 Å². The van der Waals surface area contributed by atoms with Gasteiger partial charge in [-0.1, -0.05) is 72.2 Å². The molecule has 0 unspecified atom stereocenters. The van der Waals surface area contributed by atoms with Crippen molar-refractivity contribution in [1.29, 1.82) is 0 Å². The molecule has 0 saturated heterocycles. The maximum Gasteiger partial charge on any atom is 0.120 e. The fourth-order valence-corrected chi connectivity index (χ4v) is 4.73. The molecule has 6 aromatic rings. The van der Waals surface area contributed by atoms with Gasteiger partial charge in [0.25, 0.3) is 0 Å². The number of aromatic hydroxyl groups is 2. The average Bonchev–Trinajstić information content (AvgIpc) is 2.95. The second-order valence-electron chi connectivity index (χ2n) is 8.48. The van der Waals surface area contributed by atoms with Crippen LogP contribution in [0.3, 0.4) is 0 Å². The highest BCUT2D eigenvalue weighted by Gasteiger charge is 2.11. The van der Waals surface area contributed by atoms with Crippen LogP contribution >= 0.6 is 22.6 Å². The topological polar surface area (TPSA) is 66.2 Å². The molecule has 2 heterocycles. The fraction of sp³-hybridized carbons (Fsp3) is 0. The van der Waals surface area contributed by atoms with Crippen LogP contribution < -0.4 is 0 Å². The minimum Gasteiger partial charge on any atom is -0.508 e. The average molecular weight is 616 g/mol. The molecule has 0 spiro atoms. The quantitative estimate of drug-likeness (QED) is 0.107. The second-order valence-corrected chi connectivity index (χ2v) is 9.73. The predicted molar refractivity (Wildman–Crippen MR) is 164 cm³/mol. The van der Waals surface area contributed by atoms with Crippen LogP contribution in [-0.4, -0.2) is 20.2 Å². The van der Waals surface area contributed by atoms with Gasteiger partial charge in [-0.25, -0.2) is 0 Å². The van der Waals surface area contributed by atoms with E-state index in [-0.39, 0.29) is 11.5 Å². The highest BCUT2D eigenvalue weighted by molar-refractivity contribution is 14.1. The van der Waals surface area contributed by atoms with Crippen LogP contribution in [0.25, 0.3) is 21.5 Å². The van der Waals surface area contributed by atoms with Crippen LogP contribution in [-0.2, 0) is 0 Å². The largest absolute Gasteiger partial charge is 0.508 e. The lowest BCUT2D eigenvalue weighted by Crippen LogP contribution is -1.90. The normalized spacial score (nSPS) is 9.97. The van der Waals surface area contributed by atoms with Crippen molar-refractivity contribution in [3.8, 4) is 35.2 Å². The van der Waals surface area contributed by atoms with Gasteiger partial charge in [-0.05, 0) is 80.5 Å². The minimum atomic E-state index is 0.0967. The monoisotopic (exact) mass is 616 g/mol. The van der Waals surface area contributed by atoms with Crippen molar-refractivity contribution in [1.82, 2.24) is 9.97 Å². The highest BCUT2D eigenvalue weighted by atomic mass is 127. The number of rotatable bonds is 0. The third kappa shape index (κ3) is 6.35. The molecule has 0 radical (unpaired) electrons. The number of pyridine rings is 2. The SMILES string of the molecule is C(#Cc1c2ccccc2c(C#Cc2ccncc2)c2ccccc12)c1ccncc1.Oc1cc(O)cc(I)c1. The summed E-state index contributed by atoms with van der Waals surface area (Å²) in [6.45, 7) is 0. The van der Waals surface area contributed by atoms with Gasteiger partial charge >= 0.3 is 0 Å². The number of fused-ring (bicyclic) bond motifs is 2. The molecular formula is C34H21IN2O2. The molecule has 5 heteroatoms. The number of hydrogen-bond acceptors (Lipinski definition) is 4. The van der Waals surface area contributed by atoms with E-state index in [4.69, 9.17) is 10.2 Å². The molecule has 0 aliphatic heterocycles. The number of hydrogen-bond donors (Lipinski definition) is 2. The predicted octanol–water partition coefficient (Wildman–Crippen LogP) is 7.29. The molecule has 39 heavy (non-hydrogen) atoms. The van der Waals surface area contributed by atoms with Crippen molar-refractivity contribution < 1.29 is 10.2 Å². The molecule has 0 bridgehead atoms. The third-order valence-corrected chi connectivity index (χ3v) is 6.45. The molecule has 186 valence electrons. The number of halogens is 1. The van der Waals surface area contributed by atoms with E-state index in [0.29, 0.717) is 0 Å². The Bertz CT molecular complexity index is 1680. The number of phenols is 2. The van der Waals surface area contributed by atoms with E-state index < -0.39 is 0 Å². The molecule has 2 aromatic heterocycles. The Morgan fingerprint density at radius 1 is 0.487 bits per heavy atom. The van der Waals surface area contributed by atoms with E-state index in [9.17, 15) is 0 Å². The van der Waals surface area contributed by atoms with E-state index in [1.807, 2.05) is 46.9 Å². The smallest absolute Gasteiger partial charge is 0.120 e. The Balaban J connectivity index is 0.000000292. The van der Waals surface area contributed by atoms with E-state index in [2.05, 4.69) is 82.2 Å². The van der Waals surface area contributed by atoms with Gasteiger partial charge in [0.15, 0.2) is 0 Å². The molecule has 0 fully saturated rings. The van der Waals surface area contributed by atoms with E-state index in [0.717, 1.165) is 47.4 Å². The summed E-state index contributed by atoms with van der Waals surface area (Å²) in [4.78, 5) is 8.14. The zero-order valence-corrected chi connectivity index (χ0v) is 22.8. The first-order valence-corrected chi connectivity index (χ1v) is 13.1. The maximum atomic E-state index is 8.83. The van der Waals surface area contributed by atoms with Gasteiger partial charge in [0.1, 0.15) is 11.5 Å². The number of benzene rings is 4. The molecule has 0 saturated carbocycles. The lowest BCUT2D eigenvalue weighted by atomic mass is 9.92. The van der Waals surface area contributed by atoms with Crippen molar-refractivity contribution in [2.75, 3.05) is 0 Å². The highest BCUT2D eigenvalue weighted by Crippen LogP contribution is 2.32. The number of nitrogens with zero attached hydrogens (tertiary/aromatic N) is 2. The summed E-state index contributed by atoms with van der Waals surface area (Å²) in [7, 11) is 0. The maximum absolute atomic E-state index is 8.83. The molecular weight excluding hydrogens is 595 g/mol. The molecule has 2 N–H and O–H groups in total. The first-order chi connectivity index (χ1) is 19.1. The first-order valence-electron chi connectivity index (χ1n) is 12.0. The van der Waals surface area contributed by atoms with Gasteiger partial charge in [-0.2, -0.15) is 0 Å². The van der Waals surface area contributed by atoms with Gasteiger partial charge < -0.3 is 10.2 Å². The number of aromatic nitrogens is 2. The van der Waals surface area contributed by atoms with Crippen LogP contribution in [0.15, 0.2) is 116 Å². The zero-order chi connectivity index (χ0) is 27.0. The van der Waals surface area contributed by atoms with Gasteiger partial charge in [0, 0.05) is 56.7 Å². The van der Waals surface area contributed by atoms with Gasteiger partial charge in [0.2, 0.25) is 0 Å². The Hall–Kier alpha value is -4.85. The summed E-state index contributed by atoms with van der Waals surface area (Å²) in [6, 6.07) is 28.8. The number of phenolic OH excluding ortho intramolecular Hbond substituents is 2. The molecule has 6 rings (SSSR count). The van der Waals surface area contributed by atoms with E-state index in [1.54, 1.807) is 36.9 Å². The molecule has 4 aromatic carbocycles. The first kappa shape index (κ1) is 25.8. The Kier molecular flexibility index (Phi) is 8.02. The summed E-state index contributed by atoms with van der Waals surface area (Å²) >= 11 is 2.01. The molecule has 0 atom stereocenters. The van der Waals surface area contributed by atoms with Gasteiger partial charge in [-0.3, -0.25) is 9.97 Å². The molecule has 0 amide bonds. The Morgan fingerprint density at radius 2 is 0.846 bits per heavy atom. The standard InChI is InChI=1S/C28H16N2.C6H5IO2/c1-2-6-24-23(5-1)27(11-9-21-13-17-29-18-14-21)25-7-3-4-8-26(25)28(24)12-10-22-15-19-30-20-16-22;7-4-1-5(8)3-6(9)2-4/h1-8,13-20H;1-3,8-9H. The summed E-state index contributed by atoms with van der Waals surface area (Å²) in [5, 5.41) is 22.1. The molecule has 0 aliphatic carbocycles. The van der Waals surface area contributed by atoms with Gasteiger partial charge in [0.05, 0.1) is 0 Å². The van der Waals surface area contributed by atoms with Crippen LogP contribution in [0.4, 0.5) is 0 Å². The van der Waals surface area contributed by atoms with Crippen LogP contribution in [0.5, 0.6) is 11.5 Å². The Morgan fingerprint density at radius 3 is 1.18 bits per heavy atom. The van der Waals surface area contributed by atoms with E-state index in [1.165, 1.54) is 6.07 Å². The van der Waals surface area contributed by atoms with Crippen molar-refractivity contribution in [2.45, 2.75) is 0 Å². The second kappa shape index (κ2) is 12.1. The van der Waals surface area contributed by atoms with Crippen molar-refractivity contribution in [3.63, 3.8) is 0 Å². The summed E-state index contributed by atoms with van der Waals surface area (Å²) in [5.74, 6) is 13.6. The third-order valence-electron chi connectivity index (χ3n) is 5.82. The molecule has 0 aliphatic rings. The summed E-state index contributed by atoms with van der Waals surface area (Å²) in [6.07, 6.45) is 7.05. The van der Waals surface area contributed by atoms with Crippen molar-refractivity contribution >= 4 is 44.1 Å². The van der Waals surface area contributed by atoms with Crippen molar-refractivity contribution in [3.05, 3.63) is 142 Å². The van der Waals surface area contributed by atoms with E-state index >= 15 is 0 Å². The van der Waals surface area contributed by atoms with Crippen molar-refractivity contribution in [2.24, 2.45) is 0 Å². The summed E-state index contributed by atoms with van der Waals surface area (Å²) < 4.78 is 0.824. The summed E-state index contributed by atoms with van der Waals surface area (Å²) in [5.41, 5.74) is 3.93. The lowest BCUT2D eigenvalue weighted by Gasteiger charge is -2.10.